The van der Waals surface area contributed by atoms with Crippen LogP contribution in [0.4, 0.5) is 22.7 Å². The zero-order valence-corrected chi connectivity index (χ0v) is 26.1. The van der Waals surface area contributed by atoms with Crippen molar-refractivity contribution in [1.29, 1.82) is 0 Å². The molecule has 216 valence electrons. The Kier molecular flexibility index (Phi) is 6.58. The van der Waals surface area contributed by atoms with Crippen LogP contribution in [0.25, 0.3) is 22.3 Å². The van der Waals surface area contributed by atoms with Crippen LogP contribution in [0, 0.1) is 0 Å². The molecule has 7 aromatic carbocycles. The number of hydrogen-bond donors (Lipinski definition) is 0. The summed E-state index contributed by atoms with van der Waals surface area (Å²) >= 11 is 0. The number of fused-ring (bicyclic) bond motifs is 8. The summed E-state index contributed by atoms with van der Waals surface area (Å²) in [5, 5.41) is 4.07. The SMILES string of the molecule is c1ccc(P(c2ccccc2)c2cccc(-c3cccc(N4B5c6ccccc6-c6ccccc6N5c5ccccc54)c3)c2)cc1. The Bertz CT molecular complexity index is 2160. The van der Waals surface area contributed by atoms with Gasteiger partial charge in [-0.25, -0.2) is 0 Å². The van der Waals surface area contributed by atoms with E-state index < -0.39 is 7.92 Å². The molecule has 0 saturated carbocycles. The van der Waals surface area contributed by atoms with E-state index in [1.165, 1.54) is 66.4 Å². The standard InChI is InChI=1S/C42H30BN2P/c1-3-18-34(19-4-1)46(35-20-5-2-6-21-35)36-22-14-16-32(30-36)31-15-13-17-33(29-31)44-41-27-11-12-28-42(41)45-40-26-10-8-24-38(40)37-23-7-9-25-39(37)43(44)45/h1-30H. The van der Waals surface area contributed by atoms with Crippen molar-refractivity contribution in [3.63, 3.8) is 0 Å². The van der Waals surface area contributed by atoms with E-state index >= 15 is 0 Å². The lowest BCUT2D eigenvalue weighted by Gasteiger charge is -2.36. The average Bonchev–Trinajstić information content (AvgIpc) is 3.49. The predicted octanol–water partition coefficient (Wildman–Crippen LogP) is 8.78. The predicted molar refractivity (Wildman–Crippen MR) is 199 cm³/mol. The maximum atomic E-state index is 2.53. The highest BCUT2D eigenvalue weighted by atomic mass is 31.1. The minimum absolute atomic E-state index is 0.0223. The highest BCUT2D eigenvalue weighted by molar-refractivity contribution is 7.79. The molecule has 7 aromatic rings. The molecule has 0 radical (unpaired) electrons. The van der Waals surface area contributed by atoms with E-state index in [1.54, 1.807) is 0 Å². The van der Waals surface area contributed by atoms with Crippen molar-refractivity contribution in [1.82, 2.24) is 0 Å². The second-order valence-corrected chi connectivity index (χ2v) is 14.0. The molecule has 4 heteroatoms. The van der Waals surface area contributed by atoms with E-state index in [1.807, 2.05) is 0 Å². The molecule has 0 bridgehead atoms. The maximum absolute atomic E-state index is 2.53. The van der Waals surface area contributed by atoms with Crippen LogP contribution in [-0.4, -0.2) is 6.98 Å². The first kappa shape index (κ1) is 27.0. The molecule has 2 heterocycles. The fourth-order valence-corrected chi connectivity index (χ4v) is 9.55. The number of nitrogens with zero attached hydrogens (tertiary/aromatic N) is 2. The zero-order chi connectivity index (χ0) is 30.5. The van der Waals surface area contributed by atoms with Gasteiger partial charge in [-0.3, -0.25) is 0 Å². The number of anilines is 4. The Labute approximate surface area is 272 Å². The molecule has 46 heavy (non-hydrogen) atoms. The van der Waals surface area contributed by atoms with Crippen molar-refractivity contribution in [2.24, 2.45) is 0 Å². The normalized spacial score (nSPS) is 12.8. The van der Waals surface area contributed by atoms with Crippen molar-refractivity contribution in [2.45, 2.75) is 0 Å². The van der Waals surface area contributed by atoms with Gasteiger partial charge in [0.2, 0.25) is 0 Å². The van der Waals surface area contributed by atoms with E-state index in [0.717, 1.165) is 0 Å². The molecule has 2 nitrogen and oxygen atoms in total. The third-order valence-corrected chi connectivity index (χ3v) is 11.6. The van der Waals surface area contributed by atoms with Gasteiger partial charge in [-0.05, 0) is 82.4 Å². The smallest absolute Gasteiger partial charge is 0.360 e. The molecule has 0 atom stereocenters. The third-order valence-electron chi connectivity index (χ3n) is 9.17. The van der Waals surface area contributed by atoms with E-state index in [2.05, 4.69) is 192 Å². The molecule has 0 fully saturated rings. The number of benzene rings is 7. The van der Waals surface area contributed by atoms with Crippen molar-refractivity contribution < 1.29 is 0 Å². The van der Waals surface area contributed by atoms with Gasteiger partial charge in [0.15, 0.2) is 0 Å². The first-order chi connectivity index (χ1) is 22.8. The number of hydrogen-bond acceptors (Lipinski definition) is 2. The summed E-state index contributed by atoms with van der Waals surface area (Å²) < 4.78 is 0. The molecule has 2 aliphatic rings. The minimum Gasteiger partial charge on any atom is -0.360 e. The minimum atomic E-state index is -0.685. The van der Waals surface area contributed by atoms with Gasteiger partial charge in [0, 0.05) is 16.9 Å². The third kappa shape index (κ3) is 4.39. The molecule has 0 aliphatic carbocycles. The second kappa shape index (κ2) is 11.2. The van der Waals surface area contributed by atoms with Gasteiger partial charge in [-0.15, -0.1) is 0 Å². The Hall–Kier alpha value is -5.37. The largest absolute Gasteiger partial charge is 0.421 e. The lowest BCUT2D eigenvalue weighted by Crippen LogP contribution is -2.55. The Balaban J connectivity index is 1.17. The first-order valence-corrected chi connectivity index (χ1v) is 17.2. The van der Waals surface area contributed by atoms with Gasteiger partial charge in [0.1, 0.15) is 0 Å². The fraction of sp³-hybridized carbons (Fsp3) is 0. The van der Waals surface area contributed by atoms with E-state index in [0.29, 0.717) is 0 Å². The summed E-state index contributed by atoms with van der Waals surface area (Å²) in [4.78, 5) is 5.05. The first-order valence-electron chi connectivity index (χ1n) is 15.8. The molecule has 0 unspecified atom stereocenters. The van der Waals surface area contributed by atoms with Crippen LogP contribution < -0.4 is 31.0 Å². The van der Waals surface area contributed by atoms with E-state index in [-0.39, 0.29) is 6.98 Å². The summed E-state index contributed by atoms with van der Waals surface area (Å²) in [7, 11) is -0.685. The molecule has 9 rings (SSSR count). The summed E-state index contributed by atoms with van der Waals surface area (Å²) in [6, 6.07) is 66.7. The fourth-order valence-electron chi connectivity index (χ4n) is 7.21. The lowest BCUT2D eigenvalue weighted by atomic mass is 9.59. The summed E-state index contributed by atoms with van der Waals surface area (Å²) in [5.41, 5.74) is 11.3. The van der Waals surface area contributed by atoms with Gasteiger partial charge < -0.3 is 9.62 Å². The van der Waals surface area contributed by atoms with Gasteiger partial charge in [0.05, 0.1) is 11.4 Å². The topological polar surface area (TPSA) is 6.48 Å². The molecular formula is C42H30BN2P. The van der Waals surface area contributed by atoms with Crippen LogP contribution in [0.15, 0.2) is 182 Å². The second-order valence-electron chi connectivity index (χ2n) is 11.8. The molecular weight excluding hydrogens is 574 g/mol. The monoisotopic (exact) mass is 604 g/mol. The molecule has 0 saturated heterocycles. The van der Waals surface area contributed by atoms with Crippen molar-refractivity contribution in [3.05, 3.63) is 182 Å². The van der Waals surface area contributed by atoms with Gasteiger partial charge in [-0.2, -0.15) is 0 Å². The lowest BCUT2D eigenvalue weighted by molar-refractivity contribution is 1.37. The summed E-state index contributed by atoms with van der Waals surface area (Å²) in [6.45, 7) is 0.0223. The Morgan fingerprint density at radius 1 is 0.370 bits per heavy atom. The molecule has 0 amide bonds. The van der Waals surface area contributed by atoms with Crippen molar-refractivity contribution in [3.8, 4) is 22.3 Å². The Morgan fingerprint density at radius 3 is 1.61 bits per heavy atom. The average molecular weight is 605 g/mol. The van der Waals surface area contributed by atoms with E-state index in [9.17, 15) is 0 Å². The number of para-hydroxylation sites is 3. The molecule has 2 aliphatic heterocycles. The van der Waals surface area contributed by atoms with Crippen LogP contribution >= 0.6 is 7.92 Å². The molecule has 0 N–H and O–H groups in total. The molecule has 0 spiro atoms. The summed E-state index contributed by atoms with van der Waals surface area (Å²) in [5.74, 6) is 0. The van der Waals surface area contributed by atoms with Crippen LogP contribution in [0.3, 0.4) is 0 Å². The molecule has 0 aromatic heterocycles. The van der Waals surface area contributed by atoms with Crippen molar-refractivity contribution in [2.75, 3.05) is 9.62 Å². The highest BCUT2D eigenvalue weighted by Gasteiger charge is 2.47. The maximum Gasteiger partial charge on any atom is 0.421 e. The van der Waals surface area contributed by atoms with Crippen LogP contribution in [0.5, 0.6) is 0 Å². The highest BCUT2D eigenvalue weighted by Crippen LogP contribution is 2.51. The Morgan fingerprint density at radius 2 is 0.891 bits per heavy atom. The van der Waals surface area contributed by atoms with Crippen LogP contribution in [0.1, 0.15) is 0 Å². The van der Waals surface area contributed by atoms with Gasteiger partial charge >= 0.3 is 6.98 Å². The summed E-state index contributed by atoms with van der Waals surface area (Å²) in [6.07, 6.45) is 0. The van der Waals surface area contributed by atoms with Gasteiger partial charge in [-0.1, -0.05) is 146 Å². The van der Waals surface area contributed by atoms with Crippen LogP contribution in [0.2, 0.25) is 0 Å². The van der Waals surface area contributed by atoms with Crippen molar-refractivity contribution >= 4 is 59.0 Å². The van der Waals surface area contributed by atoms with E-state index in [4.69, 9.17) is 0 Å². The van der Waals surface area contributed by atoms with Gasteiger partial charge in [0.25, 0.3) is 0 Å². The quantitative estimate of drug-likeness (QED) is 0.143. The van der Waals surface area contributed by atoms with Crippen LogP contribution in [-0.2, 0) is 0 Å². The zero-order valence-electron chi connectivity index (χ0n) is 25.2. The number of rotatable bonds is 5.